The Hall–Kier alpha value is -10.9. The van der Waals surface area contributed by atoms with Crippen molar-refractivity contribution in [3.05, 3.63) is 321 Å². The number of fused-ring (bicyclic) bond motifs is 7. The normalized spacial score (nSPS) is 12.7. The van der Waals surface area contributed by atoms with Gasteiger partial charge in [0.15, 0.2) is 0 Å². The average molecular weight is 1170 g/mol. The maximum absolute atomic E-state index is 2.62. The second-order valence-electron chi connectivity index (χ2n) is 26.6. The van der Waals surface area contributed by atoms with E-state index in [9.17, 15) is 0 Å². The fourth-order valence-corrected chi connectivity index (χ4v) is 14.2. The van der Waals surface area contributed by atoms with E-state index in [-0.39, 0.29) is 17.5 Å². The van der Waals surface area contributed by atoms with Crippen LogP contribution < -0.4 is 31.1 Å². The number of rotatable bonds is 10. The van der Waals surface area contributed by atoms with E-state index in [2.05, 4.69) is 370 Å². The highest BCUT2D eigenvalue weighted by Gasteiger charge is 2.45. The van der Waals surface area contributed by atoms with Gasteiger partial charge in [-0.2, -0.15) is 0 Å². The van der Waals surface area contributed by atoms with E-state index in [1.54, 1.807) is 0 Å². The van der Waals surface area contributed by atoms with E-state index in [1.165, 1.54) is 94.2 Å². The van der Waals surface area contributed by atoms with Crippen LogP contribution in [0.4, 0.5) is 51.2 Å². The molecule has 1 aromatic heterocycles. The number of para-hydroxylation sites is 3. The molecule has 3 heterocycles. The molecule has 14 aromatic rings. The third-order valence-electron chi connectivity index (χ3n) is 18.8. The van der Waals surface area contributed by atoms with Gasteiger partial charge in [-0.05, 0) is 192 Å². The highest BCUT2D eigenvalue weighted by Crippen LogP contribution is 2.50. The molecule has 436 valence electrons. The molecule has 0 saturated carbocycles. The van der Waals surface area contributed by atoms with Gasteiger partial charge >= 0.3 is 0 Å². The zero-order chi connectivity index (χ0) is 61.5. The molecule has 13 aromatic carbocycles. The van der Waals surface area contributed by atoms with E-state index < -0.39 is 0 Å². The molecule has 0 N–H and O–H groups in total. The third kappa shape index (κ3) is 9.80. The molecule has 0 saturated heterocycles. The van der Waals surface area contributed by atoms with Crippen LogP contribution in [0.1, 0.15) is 52.7 Å². The summed E-state index contributed by atoms with van der Waals surface area (Å²) in [6.45, 7) is 13.9. The van der Waals surface area contributed by atoms with Crippen LogP contribution in [-0.4, -0.2) is 11.3 Å². The smallest absolute Gasteiger partial charge is 0.252 e. The van der Waals surface area contributed by atoms with Crippen molar-refractivity contribution in [3.8, 4) is 50.2 Å². The van der Waals surface area contributed by atoms with Crippen molar-refractivity contribution < 1.29 is 0 Å². The van der Waals surface area contributed by atoms with Crippen molar-refractivity contribution >= 4 is 96.1 Å². The Bertz CT molecular complexity index is 4970. The largest absolute Gasteiger partial charge is 0.311 e. The topological polar surface area (TPSA) is 14.7 Å². The monoisotopic (exact) mass is 1170 g/mol. The summed E-state index contributed by atoms with van der Waals surface area (Å²) in [7, 11) is 0. The Kier molecular flexibility index (Phi) is 13.4. The Morgan fingerprint density at radius 2 is 0.714 bits per heavy atom. The Labute approximate surface area is 535 Å². The molecule has 0 fully saturated rings. The summed E-state index contributed by atoms with van der Waals surface area (Å²) in [4.78, 5) is 7.64. The molecule has 2 aliphatic rings. The van der Waals surface area contributed by atoms with Crippen molar-refractivity contribution in [3.63, 3.8) is 0 Å². The minimum atomic E-state index is -0.238. The van der Waals surface area contributed by atoms with Gasteiger partial charge in [0.1, 0.15) is 0 Å². The molecule has 0 amide bonds. The molecular weight excluding hydrogens is 1100 g/mol. The molecule has 0 atom stereocenters. The first kappa shape index (κ1) is 55.4. The molecule has 16 rings (SSSR count). The first-order chi connectivity index (χ1) is 44.4. The third-order valence-corrected chi connectivity index (χ3v) is 18.8. The maximum Gasteiger partial charge on any atom is 0.252 e. The summed E-state index contributed by atoms with van der Waals surface area (Å²) in [6.07, 6.45) is 0. The zero-order valence-electron chi connectivity index (χ0n) is 52.3. The lowest BCUT2D eigenvalue weighted by Gasteiger charge is -2.45. The summed E-state index contributed by atoms with van der Waals surface area (Å²) in [5, 5.41) is 2.50. The minimum Gasteiger partial charge on any atom is -0.311 e. The average Bonchev–Trinajstić information content (AvgIpc) is 1.23. The number of hydrogen-bond acceptors (Lipinski definition) is 3. The van der Waals surface area contributed by atoms with Crippen LogP contribution in [0.25, 0.3) is 72.0 Å². The predicted octanol–water partition coefficient (Wildman–Crippen LogP) is 21.6. The molecule has 0 aliphatic carbocycles. The summed E-state index contributed by atoms with van der Waals surface area (Å²) in [6, 6.07) is 115. The molecule has 0 bridgehead atoms. The first-order valence-electron chi connectivity index (χ1n) is 31.9. The van der Waals surface area contributed by atoms with E-state index in [1.807, 2.05) is 0 Å². The van der Waals surface area contributed by atoms with Crippen LogP contribution in [0.2, 0.25) is 0 Å². The van der Waals surface area contributed by atoms with Gasteiger partial charge < -0.3 is 19.3 Å². The number of aromatic nitrogens is 1. The molecule has 2 aliphatic heterocycles. The van der Waals surface area contributed by atoms with Crippen molar-refractivity contribution in [1.29, 1.82) is 0 Å². The Balaban J connectivity index is 0.959. The Morgan fingerprint density at radius 3 is 1.30 bits per heavy atom. The summed E-state index contributed by atoms with van der Waals surface area (Å²) >= 11 is 0. The molecule has 0 spiro atoms. The zero-order valence-corrected chi connectivity index (χ0v) is 52.3. The summed E-state index contributed by atoms with van der Waals surface area (Å²) in [5.41, 5.74) is 29.0. The highest BCUT2D eigenvalue weighted by molar-refractivity contribution is 7.00. The standard InChI is InChI=1S/C86H69BN4/c1-85(2,3)66-33-23-31-61(50-66)63-41-47-76-80(54-63)91(73-52-64(59-27-13-8-14-28-59)49-65(53-73)60-29-15-9-16-30-60)83-56-67(86(4,5)6)55-82-84(83)87(76)77-48-46-72(57-81(77)90(82)71-36-24-32-62(51-71)58-25-11-7-12-26-58)88(68-34-17-10-18-35-68)69-42-44-70(45-43-69)89-78-39-21-19-37-74(78)75-38-20-22-40-79(75)89/h7-57H,1-6H3. The quantitative estimate of drug-likeness (QED) is 0.127. The molecule has 5 heteroatoms. The lowest BCUT2D eigenvalue weighted by Crippen LogP contribution is -2.61. The van der Waals surface area contributed by atoms with E-state index in [0.29, 0.717) is 0 Å². The second kappa shape index (κ2) is 22.0. The first-order valence-corrected chi connectivity index (χ1v) is 31.9. The minimum absolute atomic E-state index is 0.0230. The molecule has 4 nitrogen and oxygen atoms in total. The van der Waals surface area contributed by atoms with Crippen LogP contribution in [0.15, 0.2) is 309 Å². The Morgan fingerprint density at radius 1 is 0.275 bits per heavy atom. The van der Waals surface area contributed by atoms with Gasteiger partial charge in [0.2, 0.25) is 0 Å². The van der Waals surface area contributed by atoms with Gasteiger partial charge in [-0.3, -0.25) is 0 Å². The molecular formula is C86H69BN4. The van der Waals surface area contributed by atoms with Gasteiger partial charge in [-0.25, -0.2) is 0 Å². The fraction of sp³-hybridized carbons (Fsp3) is 0.0930. The van der Waals surface area contributed by atoms with E-state index >= 15 is 0 Å². The summed E-state index contributed by atoms with van der Waals surface area (Å²) < 4.78 is 2.40. The maximum atomic E-state index is 2.62. The number of nitrogens with zero attached hydrogens (tertiary/aromatic N) is 4. The predicted molar refractivity (Wildman–Crippen MR) is 389 cm³/mol. The summed E-state index contributed by atoms with van der Waals surface area (Å²) in [5.74, 6) is 0. The molecule has 0 radical (unpaired) electrons. The van der Waals surface area contributed by atoms with Gasteiger partial charge in [-0.1, -0.05) is 242 Å². The van der Waals surface area contributed by atoms with Crippen LogP contribution >= 0.6 is 0 Å². The van der Waals surface area contributed by atoms with E-state index in [4.69, 9.17) is 0 Å². The highest BCUT2D eigenvalue weighted by atomic mass is 15.2. The van der Waals surface area contributed by atoms with Crippen LogP contribution in [-0.2, 0) is 10.8 Å². The van der Waals surface area contributed by atoms with Crippen molar-refractivity contribution in [2.24, 2.45) is 0 Å². The van der Waals surface area contributed by atoms with Crippen LogP contribution in [0.3, 0.4) is 0 Å². The lowest BCUT2D eigenvalue weighted by atomic mass is 9.33. The number of benzene rings is 13. The molecule has 91 heavy (non-hydrogen) atoms. The second-order valence-corrected chi connectivity index (χ2v) is 26.6. The number of anilines is 9. The lowest BCUT2D eigenvalue weighted by molar-refractivity contribution is 0.590. The fourth-order valence-electron chi connectivity index (χ4n) is 14.2. The van der Waals surface area contributed by atoms with E-state index in [0.717, 1.165) is 56.5 Å². The van der Waals surface area contributed by atoms with Gasteiger partial charge in [0.25, 0.3) is 6.71 Å². The van der Waals surface area contributed by atoms with Crippen molar-refractivity contribution in [1.82, 2.24) is 4.57 Å². The van der Waals surface area contributed by atoms with Gasteiger partial charge in [0.05, 0.1) is 11.0 Å². The van der Waals surface area contributed by atoms with Crippen LogP contribution in [0, 0.1) is 0 Å². The number of hydrogen-bond donors (Lipinski definition) is 0. The van der Waals surface area contributed by atoms with Gasteiger partial charge in [-0.15, -0.1) is 0 Å². The van der Waals surface area contributed by atoms with Gasteiger partial charge in [0, 0.05) is 67.6 Å². The van der Waals surface area contributed by atoms with Crippen LogP contribution in [0.5, 0.6) is 0 Å². The van der Waals surface area contributed by atoms with Crippen molar-refractivity contribution in [2.75, 3.05) is 14.7 Å². The van der Waals surface area contributed by atoms with Crippen molar-refractivity contribution in [2.45, 2.75) is 52.4 Å². The SMILES string of the molecule is CC(C)(C)c1cccc(-c2ccc3c(c2)N(c2cc(-c4ccccc4)cc(-c4ccccc4)c2)c2cc(C(C)(C)C)cc4c2B3c2ccc(N(c3ccccc3)c3ccc(-n5c6ccccc6c6ccccc65)cc3)cc2N4c2cccc(-c3ccccc3)c2)c1. The molecule has 0 unspecified atom stereocenters.